The molecule has 0 atom stereocenters. The molecule has 6 nitrogen and oxygen atoms in total. The first-order valence-electron chi connectivity index (χ1n) is 8.52. The number of nitrogens with one attached hydrogen (secondary N) is 1. The molecular formula is C20H17F3N2O4S. The van der Waals surface area contributed by atoms with Crippen LogP contribution in [0.5, 0.6) is 17.2 Å². The number of rotatable bonds is 5. The summed E-state index contributed by atoms with van der Waals surface area (Å²) in [5.74, 6) is 0.840. The molecule has 0 unspecified atom stereocenters. The smallest absolute Gasteiger partial charge is 0.416 e. The number of carbonyl (C=O) groups excluding carboxylic acids is 1. The minimum absolute atomic E-state index is 0.0849. The van der Waals surface area contributed by atoms with Crippen LogP contribution in [0.1, 0.15) is 11.1 Å². The fraction of sp³-hybridized carbons (Fsp3) is 0.200. The van der Waals surface area contributed by atoms with Crippen LogP contribution in [0.3, 0.4) is 0 Å². The van der Waals surface area contributed by atoms with E-state index in [2.05, 4.69) is 10.3 Å². The molecule has 1 aliphatic rings. The third-order valence-corrected chi connectivity index (χ3v) is 4.95. The van der Waals surface area contributed by atoms with Crippen molar-refractivity contribution in [3.8, 4) is 17.2 Å². The number of benzene rings is 2. The lowest BCUT2D eigenvalue weighted by atomic mass is 10.1. The Balaban J connectivity index is 1.89. The monoisotopic (exact) mass is 438 g/mol. The Labute approximate surface area is 174 Å². The van der Waals surface area contributed by atoms with Gasteiger partial charge in [0, 0.05) is 0 Å². The van der Waals surface area contributed by atoms with E-state index >= 15 is 0 Å². The number of methoxy groups -OCH3 is 3. The number of alkyl halides is 3. The highest BCUT2D eigenvalue weighted by molar-refractivity contribution is 8.18. The van der Waals surface area contributed by atoms with Crippen LogP contribution < -0.4 is 19.5 Å². The number of ether oxygens (including phenoxy) is 3. The Kier molecular flexibility index (Phi) is 6.25. The van der Waals surface area contributed by atoms with Crippen molar-refractivity contribution in [2.45, 2.75) is 6.18 Å². The summed E-state index contributed by atoms with van der Waals surface area (Å²) in [6, 6.07) is 7.90. The van der Waals surface area contributed by atoms with E-state index in [1.165, 1.54) is 33.5 Å². The van der Waals surface area contributed by atoms with Crippen molar-refractivity contribution in [1.29, 1.82) is 0 Å². The molecule has 1 heterocycles. The summed E-state index contributed by atoms with van der Waals surface area (Å²) in [6.45, 7) is 0. The van der Waals surface area contributed by atoms with E-state index in [9.17, 15) is 18.0 Å². The molecule has 0 bridgehead atoms. The van der Waals surface area contributed by atoms with Crippen LogP contribution in [-0.4, -0.2) is 32.4 Å². The highest BCUT2D eigenvalue weighted by atomic mass is 32.2. The second-order valence-corrected chi connectivity index (χ2v) is 7.02. The van der Waals surface area contributed by atoms with Crippen LogP contribution in [0.2, 0.25) is 0 Å². The zero-order chi connectivity index (χ0) is 21.9. The van der Waals surface area contributed by atoms with Gasteiger partial charge in [0.25, 0.3) is 5.91 Å². The Bertz CT molecular complexity index is 1010. The van der Waals surface area contributed by atoms with Crippen LogP contribution in [0.4, 0.5) is 18.9 Å². The molecule has 0 spiro atoms. The molecule has 1 fully saturated rings. The molecule has 158 valence electrons. The molecule has 1 aliphatic heterocycles. The first-order chi connectivity index (χ1) is 14.2. The molecule has 10 heteroatoms. The quantitative estimate of drug-likeness (QED) is 0.690. The van der Waals surface area contributed by atoms with Crippen LogP contribution in [0.15, 0.2) is 46.3 Å². The van der Waals surface area contributed by atoms with Crippen molar-refractivity contribution in [1.82, 2.24) is 5.32 Å². The van der Waals surface area contributed by atoms with Gasteiger partial charge in [0.1, 0.15) is 0 Å². The molecule has 2 aromatic rings. The maximum absolute atomic E-state index is 12.9. The van der Waals surface area contributed by atoms with Crippen LogP contribution in [-0.2, 0) is 11.0 Å². The molecule has 1 saturated heterocycles. The summed E-state index contributed by atoms with van der Waals surface area (Å²) in [4.78, 5) is 16.7. The van der Waals surface area contributed by atoms with Crippen molar-refractivity contribution in [2.75, 3.05) is 21.3 Å². The zero-order valence-electron chi connectivity index (χ0n) is 16.2. The number of carbonyl (C=O) groups is 1. The topological polar surface area (TPSA) is 69.2 Å². The molecule has 30 heavy (non-hydrogen) atoms. The van der Waals surface area contributed by atoms with E-state index in [1.54, 1.807) is 18.2 Å². The predicted molar refractivity (Wildman–Crippen MR) is 108 cm³/mol. The van der Waals surface area contributed by atoms with Gasteiger partial charge in [-0.1, -0.05) is 6.07 Å². The second-order valence-electron chi connectivity index (χ2n) is 5.99. The van der Waals surface area contributed by atoms with Crippen LogP contribution >= 0.6 is 11.8 Å². The fourth-order valence-electron chi connectivity index (χ4n) is 2.69. The average Bonchev–Trinajstić information content (AvgIpc) is 3.05. The number of hydrogen-bond donors (Lipinski definition) is 1. The average molecular weight is 438 g/mol. The number of halogens is 3. The Morgan fingerprint density at radius 2 is 1.70 bits per heavy atom. The lowest BCUT2D eigenvalue weighted by Crippen LogP contribution is -2.19. The summed E-state index contributed by atoms with van der Waals surface area (Å²) in [5, 5.41) is 2.73. The summed E-state index contributed by atoms with van der Waals surface area (Å²) in [7, 11) is 4.44. The van der Waals surface area contributed by atoms with Gasteiger partial charge in [0.2, 0.25) is 5.75 Å². The van der Waals surface area contributed by atoms with E-state index in [0.717, 1.165) is 23.9 Å². The predicted octanol–water partition coefficient (Wildman–Crippen LogP) is 4.62. The Hall–Kier alpha value is -3.14. The lowest BCUT2D eigenvalue weighted by Gasteiger charge is -2.12. The van der Waals surface area contributed by atoms with Crippen molar-refractivity contribution in [3.05, 3.63) is 52.4 Å². The number of aliphatic imine (C=N–C) groups is 1. The summed E-state index contributed by atoms with van der Waals surface area (Å²) in [5.41, 5.74) is -0.115. The third-order valence-electron chi connectivity index (χ3n) is 4.04. The first kappa shape index (κ1) is 21.6. The van der Waals surface area contributed by atoms with Crippen molar-refractivity contribution < 1.29 is 32.2 Å². The normalized spacial score (nSPS) is 16.7. The van der Waals surface area contributed by atoms with Gasteiger partial charge in [0.15, 0.2) is 16.7 Å². The number of amidine groups is 1. The van der Waals surface area contributed by atoms with Gasteiger partial charge < -0.3 is 19.5 Å². The summed E-state index contributed by atoms with van der Waals surface area (Å²) in [6.07, 6.45) is -2.88. The number of thioether (sulfide) groups is 1. The van der Waals surface area contributed by atoms with E-state index in [-0.39, 0.29) is 10.9 Å². The molecule has 1 N–H and O–H groups in total. The van der Waals surface area contributed by atoms with Gasteiger partial charge in [-0.2, -0.15) is 13.2 Å². The summed E-state index contributed by atoms with van der Waals surface area (Å²) < 4.78 is 54.4. The molecule has 0 radical (unpaired) electrons. The largest absolute Gasteiger partial charge is 0.493 e. The molecular weight excluding hydrogens is 421 g/mol. The van der Waals surface area contributed by atoms with Crippen molar-refractivity contribution in [3.63, 3.8) is 0 Å². The van der Waals surface area contributed by atoms with Gasteiger partial charge in [0.05, 0.1) is 37.5 Å². The van der Waals surface area contributed by atoms with Gasteiger partial charge in [-0.3, -0.25) is 4.79 Å². The maximum atomic E-state index is 12.9. The van der Waals surface area contributed by atoms with Crippen LogP contribution in [0, 0.1) is 0 Å². The van der Waals surface area contributed by atoms with Crippen molar-refractivity contribution >= 4 is 34.6 Å². The molecule has 2 aromatic carbocycles. The van der Waals surface area contributed by atoms with Gasteiger partial charge in [-0.05, 0) is 53.7 Å². The molecule has 0 saturated carbocycles. The second kappa shape index (κ2) is 8.70. The van der Waals surface area contributed by atoms with Gasteiger partial charge >= 0.3 is 6.18 Å². The Morgan fingerprint density at radius 3 is 2.27 bits per heavy atom. The standard InChI is InChI=1S/C20H17F3N2O4S/c1-27-14-7-11(8-15(28-2)17(14)29-3)9-16-18(26)25-19(30-16)24-13-6-4-5-12(10-13)20(21,22)23/h4-10H,1-3H3,(H,24,25,26). The minimum Gasteiger partial charge on any atom is -0.493 e. The van der Waals surface area contributed by atoms with E-state index in [1.807, 2.05) is 0 Å². The molecule has 0 aromatic heterocycles. The first-order valence-corrected chi connectivity index (χ1v) is 9.33. The van der Waals surface area contributed by atoms with E-state index in [0.29, 0.717) is 27.7 Å². The highest BCUT2D eigenvalue weighted by Crippen LogP contribution is 2.39. The van der Waals surface area contributed by atoms with E-state index in [4.69, 9.17) is 14.2 Å². The number of nitrogens with zero attached hydrogens (tertiary/aromatic N) is 1. The minimum atomic E-state index is -4.47. The lowest BCUT2D eigenvalue weighted by molar-refractivity contribution is -0.137. The SMILES string of the molecule is COc1cc(C=C2SC(=Nc3cccc(C(F)(F)F)c3)NC2=O)cc(OC)c1OC. The zero-order valence-corrected chi connectivity index (χ0v) is 17.0. The fourth-order valence-corrected chi connectivity index (χ4v) is 3.53. The number of amides is 1. The van der Waals surface area contributed by atoms with Gasteiger partial charge in [-0.15, -0.1) is 0 Å². The van der Waals surface area contributed by atoms with Gasteiger partial charge in [-0.25, -0.2) is 4.99 Å². The Morgan fingerprint density at radius 1 is 1.03 bits per heavy atom. The van der Waals surface area contributed by atoms with Crippen LogP contribution in [0.25, 0.3) is 6.08 Å². The van der Waals surface area contributed by atoms with Crippen molar-refractivity contribution in [2.24, 2.45) is 4.99 Å². The molecule has 3 rings (SSSR count). The number of hydrogen-bond acceptors (Lipinski definition) is 6. The third kappa shape index (κ3) is 4.70. The maximum Gasteiger partial charge on any atom is 0.416 e. The highest BCUT2D eigenvalue weighted by Gasteiger charge is 2.30. The van der Waals surface area contributed by atoms with E-state index < -0.39 is 17.6 Å². The molecule has 1 amide bonds. The summed E-state index contributed by atoms with van der Waals surface area (Å²) >= 11 is 1.01. The molecule has 0 aliphatic carbocycles.